The van der Waals surface area contributed by atoms with Gasteiger partial charge in [0, 0.05) is 5.70 Å². The van der Waals surface area contributed by atoms with E-state index in [1.165, 1.54) is 20.1 Å². The molecule has 0 aromatic heterocycles. The lowest BCUT2D eigenvalue weighted by atomic mass is 10.0. The Morgan fingerprint density at radius 1 is 1.31 bits per heavy atom. The van der Waals surface area contributed by atoms with Crippen LogP contribution in [-0.2, 0) is 9.53 Å². The van der Waals surface area contributed by atoms with E-state index in [1.807, 2.05) is 0 Å². The first-order valence-corrected chi connectivity index (χ1v) is 4.47. The number of rotatable bonds is 2. The number of hydrogen-bond acceptors (Lipinski definition) is 3. The van der Waals surface area contributed by atoms with E-state index in [4.69, 9.17) is 5.73 Å². The van der Waals surface area contributed by atoms with Gasteiger partial charge in [-0.05, 0) is 24.6 Å². The molecule has 2 N–H and O–H groups in total. The van der Waals surface area contributed by atoms with Crippen molar-refractivity contribution >= 4 is 11.5 Å². The fraction of sp³-hybridized carbons (Fsp3) is 0.182. The molecule has 0 atom stereocenters. The Bertz CT molecular complexity index is 451. The molecule has 0 aliphatic heterocycles. The Kier molecular flexibility index (Phi) is 3.60. The second-order valence-electron chi connectivity index (χ2n) is 3.18. The number of allylic oxidation sites excluding steroid dienone is 1. The number of nitrogens with two attached hydrogens (primary N) is 1. The van der Waals surface area contributed by atoms with Crippen molar-refractivity contribution in [3.05, 3.63) is 41.1 Å². The van der Waals surface area contributed by atoms with Crippen LogP contribution in [0.4, 0.5) is 8.78 Å². The van der Waals surface area contributed by atoms with Gasteiger partial charge in [0.15, 0.2) is 11.6 Å². The van der Waals surface area contributed by atoms with Gasteiger partial charge < -0.3 is 10.5 Å². The van der Waals surface area contributed by atoms with Crippen LogP contribution in [-0.4, -0.2) is 13.1 Å². The van der Waals surface area contributed by atoms with Crippen LogP contribution in [0.25, 0.3) is 5.57 Å². The quantitative estimate of drug-likeness (QED) is 0.619. The third-order valence-electron chi connectivity index (χ3n) is 1.99. The van der Waals surface area contributed by atoms with Gasteiger partial charge >= 0.3 is 5.97 Å². The molecular formula is C11H11F2NO2. The van der Waals surface area contributed by atoms with E-state index in [0.29, 0.717) is 0 Å². The van der Waals surface area contributed by atoms with Gasteiger partial charge in [-0.25, -0.2) is 13.6 Å². The molecule has 0 spiro atoms. The first-order chi connectivity index (χ1) is 7.47. The monoisotopic (exact) mass is 227 g/mol. The molecule has 3 nitrogen and oxygen atoms in total. The molecule has 1 aromatic carbocycles. The second-order valence-corrected chi connectivity index (χ2v) is 3.18. The maximum absolute atomic E-state index is 13.0. The van der Waals surface area contributed by atoms with Crippen LogP contribution >= 0.6 is 0 Å². The maximum Gasteiger partial charge on any atom is 0.340 e. The smallest absolute Gasteiger partial charge is 0.340 e. The van der Waals surface area contributed by atoms with Crippen molar-refractivity contribution in [2.24, 2.45) is 5.73 Å². The summed E-state index contributed by atoms with van der Waals surface area (Å²) in [4.78, 5) is 11.4. The fourth-order valence-corrected chi connectivity index (χ4v) is 1.26. The molecule has 0 unspecified atom stereocenters. The number of hydrogen-bond donors (Lipinski definition) is 1. The van der Waals surface area contributed by atoms with Crippen molar-refractivity contribution in [2.75, 3.05) is 7.11 Å². The van der Waals surface area contributed by atoms with Gasteiger partial charge in [0.2, 0.25) is 0 Å². The molecule has 5 heteroatoms. The molecule has 86 valence electrons. The second kappa shape index (κ2) is 4.74. The van der Waals surface area contributed by atoms with Crippen molar-refractivity contribution in [1.29, 1.82) is 0 Å². The molecule has 0 fully saturated rings. The maximum atomic E-state index is 13.0. The lowest BCUT2D eigenvalue weighted by Gasteiger charge is -2.08. The van der Waals surface area contributed by atoms with Crippen LogP contribution in [0.1, 0.15) is 12.5 Å². The molecule has 0 saturated heterocycles. The zero-order valence-electron chi connectivity index (χ0n) is 8.88. The summed E-state index contributed by atoms with van der Waals surface area (Å²) in [5, 5.41) is 0. The van der Waals surface area contributed by atoms with E-state index >= 15 is 0 Å². The van der Waals surface area contributed by atoms with Gasteiger partial charge in [-0.3, -0.25) is 0 Å². The minimum Gasteiger partial charge on any atom is -0.465 e. The molecular weight excluding hydrogens is 216 g/mol. The zero-order valence-corrected chi connectivity index (χ0v) is 8.88. The van der Waals surface area contributed by atoms with Crippen molar-refractivity contribution in [3.63, 3.8) is 0 Å². The van der Waals surface area contributed by atoms with E-state index in [9.17, 15) is 13.6 Å². The largest absolute Gasteiger partial charge is 0.465 e. The topological polar surface area (TPSA) is 52.3 Å². The molecule has 0 heterocycles. The number of benzene rings is 1. The van der Waals surface area contributed by atoms with Gasteiger partial charge in [0.25, 0.3) is 0 Å². The lowest BCUT2D eigenvalue weighted by molar-refractivity contribution is -0.133. The first kappa shape index (κ1) is 12.2. The van der Waals surface area contributed by atoms with Crippen LogP contribution in [0.2, 0.25) is 0 Å². The Balaban J connectivity index is 3.29. The van der Waals surface area contributed by atoms with Crippen LogP contribution in [0.15, 0.2) is 23.9 Å². The standard InChI is InChI=1S/C11H11F2NO2/c1-6(14)10(11(15)16-2)7-3-4-8(12)9(13)5-7/h3-5H,14H2,1-2H3/b10-6-. The Labute approximate surface area is 91.5 Å². The number of carbonyl (C=O) groups is 1. The Morgan fingerprint density at radius 3 is 2.38 bits per heavy atom. The van der Waals surface area contributed by atoms with Crippen LogP contribution in [0.5, 0.6) is 0 Å². The molecule has 1 rings (SSSR count). The van der Waals surface area contributed by atoms with E-state index in [2.05, 4.69) is 4.74 Å². The highest BCUT2D eigenvalue weighted by Crippen LogP contribution is 2.20. The average molecular weight is 227 g/mol. The fourth-order valence-electron chi connectivity index (χ4n) is 1.26. The molecule has 0 aliphatic carbocycles. The lowest BCUT2D eigenvalue weighted by Crippen LogP contribution is -2.10. The van der Waals surface area contributed by atoms with Crippen molar-refractivity contribution < 1.29 is 18.3 Å². The van der Waals surface area contributed by atoms with E-state index in [0.717, 1.165) is 12.1 Å². The van der Waals surface area contributed by atoms with E-state index in [1.54, 1.807) is 0 Å². The summed E-state index contributed by atoms with van der Waals surface area (Å²) in [5.74, 6) is -2.71. The first-order valence-electron chi connectivity index (χ1n) is 4.47. The Morgan fingerprint density at radius 2 is 1.94 bits per heavy atom. The highest BCUT2D eigenvalue weighted by atomic mass is 19.2. The van der Waals surface area contributed by atoms with Crippen LogP contribution in [0, 0.1) is 11.6 Å². The molecule has 0 bridgehead atoms. The highest BCUT2D eigenvalue weighted by molar-refractivity contribution is 6.17. The van der Waals surface area contributed by atoms with Crippen LogP contribution in [0.3, 0.4) is 0 Å². The number of halogens is 2. The number of methoxy groups -OCH3 is 1. The summed E-state index contributed by atoms with van der Waals surface area (Å²) in [6, 6.07) is 3.09. The van der Waals surface area contributed by atoms with E-state index in [-0.39, 0.29) is 16.8 Å². The minimum absolute atomic E-state index is 0.0291. The number of esters is 1. The van der Waals surface area contributed by atoms with Crippen molar-refractivity contribution in [2.45, 2.75) is 6.92 Å². The summed E-state index contributed by atoms with van der Waals surface area (Å²) in [5.41, 5.74) is 5.89. The summed E-state index contributed by atoms with van der Waals surface area (Å²) in [6.07, 6.45) is 0. The van der Waals surface area contributed by atoms with Gasteiger partial charge in [0.1, 0.15) is 0 Å². The zero-order chi connectivity index (χ0) is 12.3. The molecule has 1 aromatic rings. The molecule has 0 saturated carbocycles. The molecule has 0 aliphatic rings. The normalized spacial score (nSPS) is 12.0. The molecule has 0 radical (unpaired) electrons. The third kappa shape index (κ3) is 2.36. The summed E-state index contributed by atoms with van der Waals surface area (Å²) < 4.78 is 30.2. The highest BCUT2D eigenvalue weighted by Gasteiger charge is 2.16. The Hall–Kier alpha value is -1.91. The molecule has 0 amide bonds. The number of ether oxygens (including phenoxy) is 1. The van der Waals surface area contributed by atoms with Gasteiger partial charge in [-0.1, -0.05) is 6.07 Å². The predicted molar refractivity (Wildman–Crippen MR) is 55.2 cm³/mol. The van der Waals surface area contributed by atoms with Crippen molar-refractivity contribution in [3.8, 4) is 0 Å². The summed E-state index contributed by atoms with van der Waals surface area (Å²) in [6.45, 7) is 1.48. The SMILES string of the molecule is COC(=O)/C(=C(/C)N)c1ccc(F)c(F)c1. The van der Waals surface area contributed by atoms with Crippen LogP contribution < -0.4 is 5.73 Å². The summed E-state index contributed by atoms with van der Waals surface area (Å²) in [7, 11) is 1.19. The van der Waals surface area contributed by atoms with Crippen molar-refractivity contribution in [1.82, 2.24) is 0 Å². The third-order valence-corrected chi connectivity index (χ3v) is 1.99. The van der Waals surface area contributed by atoms with Gasteiger partial charge in [0.05, 0.1) is 12.7 Å². The molecule has 16 heavy (non-hydrogen) atoms. The van der Waals surface area contributed by atoms with E-state index < -0.39 is 17.6 Å². The minimum atomic E-state index is -1.04. The van der Waals surface area contributed by atoms with Gasteiger partial charge in [-0.15, -0.1) is 0 Å². The average Bonchev–Trinajstić information content (AvgIpc) is 2.22. The van der Waals surface area contributed by atoms with Gasteiger partial charge in [-0.2, -0.15) is 0 Å². The summed E-state index contributed by atoms with van der Waals surface area (Å²) >= 11 is 0. The predicted octanol–water partition coefficient (Wildman–Crippen LogP) is 1.83. The number of carbonyl (C=O) groups excluding carboxylic acids is 1.